The van der Waals surface area contributed by atoms with E-state index in [0.717, 1.165) is 6.42 Å². The monoisotopic (exact) mass is 322 g/mol. The summed E-state index contributed by atoms with van der Waals surface area (Å²) in [6.07, 6.45) is 4.19. The summed E-state index contributed by atoms with van der Waals surface area (Å²) in [6, 6.07) is 4.90. The minimum Gasteiger partial charge on any atom is -0.379 e. The second-order valence-corrected chi connectivity index (χ2v) is 5.89. The Morgan fingerprint density at radius 1 is 1.45 bits per heavy atom. The summed E-state index contributed by atoms with van der Waals surface area (Å²) in [5.74, 6) is -0.320. The van der Waals surface area contributed by atoms with Gasteiger partial charge in [-0.3, -0.25) is 9.48 Å². The lowest BCUT2D eigenvalue weighted by Gasteiger charge is -2.22. The number of nitrogens with zero attached hydrogens (tertiary/aromatic N) is 3. The summed E-state index contributed by atoms with van der Waals surface area (Å²) in [5, 5.41) is 7.24. The van der Waals surface area contributed by atoms with Crippen molar-refractivity contribution in [1.82, 2.24) is 14.8 Å². The SMILES string of the molecule is COC(C)(C)CCn1cc(NC(=O)c2cccc(Cl)n2)cn1. The topological polar surface area (TPSA) is 69.0 Å². The Morgan fingerprint density at radius 3 is 2.91 bits per heavy atom. The van der Waals surface area contributed by atoms with Gasteiger partial charge < -0.3 is 10.1 Å². The Balaban J connectivity index is 1.96. The molecule has 0 aromatic carbocycles. The molecule has 0 atom stereocenters. The molecule has 0 saturated carbocycles. The molecule has 6 nitrogen and oxygen atoms in total. The smallest absolute Gasteiger partial charge is 0.274 e. The van der Waals surface area contributed by atoms with Gasteiger partial charge in [0.05, 0.1) is 17.5 Å². The number of rotatable bonds is 6. The molecule has 1 amide bonds. The zero-order chi connectivity index (χ0) is 16.2. The first-order chi connectivity index (χ1) is 10.4. The number of carbonyl (C=O) groups is 1. The zero-order valence-corrected chi connectivity index (χ0v) is 13.6. The summed E-state index contributed by atoms with van der Waals surface area (Å²) >= 11 is 5.77. The van der Waals surface area contributed by atoms with Crippen LogP contribution < -0.4 is 5.32 Å². The Morgan fingerprint density at radius 2 is 2.23 bits per heavy atom. The quantitative estimate of drug-likeness (QED) is 0.830. The van der Waals surface area contributed by atoms with Gasteiger partial charge in [-0.15, -0.1) is 0 Å². The molecule has 2 heterocycles. The molecule has 0 aliphatic rings. The molecule has 7 heteroatoms. The molecule has 0 fully saturated rings. The van der Waals surface area contributed by atoms with Crippen LogP contribution in [0.1, 0.15) is 30.8 Å². The fourth-order valence-electron chi connectivity index (χ4n) is 1.77. The maximum atomic E-state index is 12.0. The van der Waals surface area contributed by atoms with Crippen LogP contribution in [0, 0.1) is 0 Å². The van der Waals surface area contributed by atoms with Crippen LogP contribution in [0.2, 0.25) is 5.15 Å². The highest BCUT2D eigenvalue weighted by atomic mass is 35.5. The number of methoxy groups -OCH3 is 1. The number of anilines is 1. The van der Waals surface area contributed by atoms with E-state index in [1.165, 1.54) is 0 Å². The first kappa shape index (κ1) is 16.5. The molecule has 2 rings (SSSR count). The molecule has 0 bridgehead atoms. The van der Waals surface area contributed by atoms with Gasteiger partial charge in [-0.25, -0.2) is 4.98 Å². The normalized spacial score (nSPS) is 11.5. The molecule has 0 radical (unpaired) electrons. The van der Waals surface area contributed by atoms with Crippen LogP contribution in [0.25, 0.3) is 0 Å². The van der Waals surface area contributed by atoms with Crippen LogP contribution in [-0.4, -0.2) is 33.4 Å². The van der Waals surface area contributed by atoms with Crippen LogP contribution in [0.15, 0.2) is 30.6 Å². The van der Waals surface area contributed by atoms with E-state index in [0.29, 0.717) is 12.2 Å². The molecular weight excluding hydrogens is 304 g/mol. The summed E-state index contributed by atoms with van der Waals surface area (Å²) in [6.45, 7) is 4.74. The van der Waals surface area contributed by atoms with E-state index >= 15 is 0 Å². The molecule has 0 saturated heterocycles. The first-order valence-electron chi connectivity index (χ1n) is 6.91. The molecule has 118 valence electrons. The highest BCUT2D eigenvalue weighted by molar-refractivity contribution is 6.29. The van der Waals surface area contributed by atoms with Crippen molar-refractivity contribution in [2.75, 3.05) is 12.4 Å². The van der Waals surface area contributed by atoms with Crippen LogP contribution in [0.5, 0.6) is 0 Å². The fourth-order valence-corrected chi connectivity index (χ4v) is 1.93. The summed E-state index contributed by atoms with van der Waals surface area (Å²) < 4.78 is 7.13. The van der Waals surface area contributed by atoms with Crippen LogP contribution >= 0.6 is 11.6 Å². The second-order valence-electron chi connectivity index (χ2n) is 5.51. The Labute approximate surface area is 134 Å². The summed E-state index contributed by atoms with van der Waals surface area (Å²) in [4.78, 5) is 16.0. The van der Waals surface area contributed by atoms with Crippen molar-refractivity contribution in [3.8, 4) is 0 Å². The van der Waals surface area contributed by atoms with Gasteiger partial charge in [-0.05, 0) is 32.4 Å². The number of hydrogen-bond acceptors (Lipinski definition) is 4. The number of halogens is 1. The number of amides is 1. The summed E-state index contributed by atoms with van der Waals surface area (Å²) in [7, 11) is 1.69. The lowest BCUT2D eigenvalue weighted by Crippen LogP contribution is -2.24. The number of hydrogen-bond donors (Lipinski definition) is 1. The van der Waals surface area contributed by atoms with Gasteiger partial charge in [0.1, 0.15) is 10.8 Å². The molecular formula is C15H19ClN4O2. The second kappa shape index (κ2) is 6.89. The molecule has 22 heavy (non-hydrogen) atoms. The van der Waals surface area contributed by atoms with E-state index in [1.807, 2.05) is 13.8 Å². The molecule has 1 N–H and O–H groups in total. The number of aryl methyl sites for hydroxylation is 1. The van der Waals surface area contributed by atoms with E-state index in [4.69, 9.17) is 16.3 Å². The minimum atomic E-state index is -0.320. The predicted molar refractivity (Wildman–Crippen MR) is 85.1 cm³/mol. The molecule has 2 aromatic rings. The van der Waals surface area contributed by atoms with Crippen molar-refractivity contribution in [2.24, 2.45) is 0 Å². The van der Waals surface area contributed by atoms with Gasteiger partial charge in [0.15, 0.2) is 0 Å². The van der Waals surface area contributed by atoms with Crippen molar-refractivity contribution in [1.29, 1.82) is 0 Å². The average Bonchev–Trinajstić information content (AvgIpc) is 2.93. The van der Waals surface area contributed by atoms with Crippen molar-refractivity contribution < 1.29 is 9.53 Å². The van der Waals surface area contributed by atoms with Crippen LogP contribution in [0.3, 0.4) is 0 Å². The maximum absolute atomic E-state index is 12.0. The fraction of sp³-hybridized carbons (Fsp3) is 0.400. The minimum absolute atomic E-state index is 0.208. The predicted octanol–water partition coefficient (Wildman–Crippen LogP) is 3.00. The van der Waals surface area contributed by atoms with Gasteiger partial charge in [-0.1, -0.05) is 17.7 Å². The van der Waals surface area contributed by atoms with Gasteiger partial charge in [0.2, 0.25) is 0 Å². The third kappa shape index (κ3) is 4.54. The number of pyridine rings is 1. The Kier molecular flexibility index (Phi) is 5.15. The van der Waals surface area contributed by atoms with Gasteiger partial charge in [0, 0.05) is 19.9 Å². The maximum Gasteiger partial charge on any atom is 0.274 e. The first-order valence-corrected chi connectivity index (χ1v) is 7.29. The van der Waals surface area contributed by atoms with Crippen molar-refractivity contribution in [3.63, 3.8) is 0 Å². The standard InChI is InChI=1S/C15H19ClN4O2/c1-15(2,22-3)7-8-20-10-11(9-17-20)18-14(21)12-5-4-6-13(16)19-12/h4-6,9-10H,7-8H2,1-3H3,(H,18,21). The molecule has 0 spiro atoms. The lowest BCUT2D eigenvalue weighted by molar-refractivity contribution is 0.0113. The van der Waals surface area contributed by atoms with Crippen LogP contribution in [-0.2, 0) is 11.3 Å². The number of carbonyl (C=O) groups excluding carboxylic acids is 1. The van der Waals surface area contributed by atoms with E-state index in [-0.39, 0.29) is 22.4 Å². The van der Waals surface area contributed by atoms with Crippen molar-refractivity contribution in [3.05, 3.63) is 41.4 Å². The molecule has 0 unspecified atom stereocenters. The Bertz CT molecular complexity index is 654. The number of ether oxygens (including phenoxy) is 1. The molecule has 2 aromatic heterocycles. The van der Waals surface area contributed by atoms with E-state index in [1.54, 1.807) is 42.4 Å². The van der Waals surface area contributed by atoms with Crippen LogP contribution in [0.4, 0.5) is 5.69 Å². The summed E-state index contributed by atoms with van der Waals surface area (Å²) in [5.41, 5.74) is 0.669. The third-order valence-electron chi connectivity index (χ3n) is 3.33. The van der Waals surface area contributed by atoms with E-state index in [9.17, 15) is 4.79 Å². The lowest BCUT2D eigenvalue weighted by atomic mass is 10.1. The highest BCUT2D eigenvalue weighted by Crippen LogP contribution is 2.15. The van der Waals surface area contributed by atoms with Gasteiger partial charge in [-0.2, -0.15) is 5.10 Å². The average molecular weight is 323 g/mol. The highest BCUT2D eigenvalue weighted by Gasteiger charge is 2.16. The zero-order valence-electron chi connectivity index (χ0n) is 12.8. The van der Waals surface area contributed by atoms with E-state index < -0.39 is 0 Å². The molecule has 0 aliphatic heterocycles. The van der Waals surface area contributed by atoms with Gasteiger partial charge in [0.25, 0.3) is 5.91 Å². The van der Waals surface area contributed by atoms with Crippen molar-refractivity contribution >= 4 is 23.2 Å². The van der Waals surface area contributed by atoms with E-state index in [2.05, 4.69) is 15.4 Å². The van der Waals surface area contributed by atoms with Gasteiger partial charge >= 0.3 is 0 Å². The molecule has 0 aliphatic carbocycles. The van der Waals surface area contributed by atoms with Crippen molar-refractivity contribution in [2.45, 2.75) is 32.4 Å². The third-order valence-corrected chi connectivity index (χ3v) is 3.54. The number of aromatic nitrogens is 3. The Hall–Kier alpha value is -1.92. The largest absolute Gasteiger partial charge is 0.379 e. The number of nitrogens with one attached hydrogen (secondary N) is 1.